The molecule has 0 bridgehead atoms. The fourth-order valence-electron chi connectivity index (χ4n) is 1.97. The van der Waals surface area contributed by atoms with Gasteiger partial charge < -0.3 is 14.9 Å². The number of amides is 1. The zero-order valence-electron chi connectivity index (χ0n) is 10.9. The van der Waals surface area contributed by atoms with Gasteiger partial charge in [-0.1, -0.05) is 5.16 Å². The van der Waals surface area contributed by atoms with Crippen molar-refractivity contribution in [1.29, 1.82) is 0 Å². The Kier molecular flexibility index (Phi) is 3.09. The number of hydrogen-bond donors (Lipinski definition) is 2. The van der Waals surface area contributed by atoms with Crippen LogP contribution < -0.4 is 5.32 Å². The zero-order chi connectivity index (χ0) is 14.1. The van der Waals surface area contributed by atoms with Gasteiger partial charge in [-0.2, -0.15) is 4.98 Å². The molecular formula is C13H14N4O3. The van der Waals surface area contributed by atoms with Crippen molar-refractivity contribution < 1.29 is 14.4 Å². The van der Waals surface area contributed by atoms with Gasteiger partial charge in [0.15, 0.2) is 0 Å². The summed E-state index contributed by atoms with van der Waals surface area (Å²) in [6.07, 6.45) is 2.95. The predicted molar refractivity (Wildman–Crippen MR) is 69.1 cm³/mol. The second kappa shape index (κ2) is 4.92. The maximum absolute atomic E-state index is 10.6. The average molecular weight is 274 g/mol. The second-order valence-electron chi connectivity index (χ2n) is 4.87. The first-order valence-electron chi connectivity index (χ1n) is 6.43. The zero-order valence-corrected chi connectivity index (χ0v) is 10.9. The molecule has 1 aliphatic rings. The SMILES string of the molecule is CC(NC(=O)O)c1nc(-c2ccnc(C3CC3)c2)no1. The van der Waals surface area contributed by atoms with E-state index in [1.807, 2.05) is 12.1 Å². The molecule has 0 aromatic carbocycles. The van der Waals surface area contributed by atoms with Crippen molar-refractivity contribution in [3.63, 3.8) is 0 Å². The molecule has 7 nitrogen and oxygen atoms in total. The third-order valence-corrected chi connectivity index (χ3v) is 3.19. The smallest absolute Gasteiger partial charge is 0.405 e. The molecule has 0 radical (unpaired) electrons. The first kappa shape index (κ1) is 12.6. The summed E-state index contributed by atoms with van der Waals surface area (Å²) in [5.41, 5.74) is 1.88. The predicted octanol–water partition coefficient (Wildman–Crippen LogP) is 2.34. The molecule has 0 spiro atoms. The third-order valence-electron chi connectivity index (χ3n) is 3.19. The Bertz CT molecular complexity index is 636. The Labute approximate surface area is 115 Å². The van der Waals surface area contributed by atoms with Gasteiger partial charge in [0.25, 0.3) is 0 Å². The molecule has 3 rings (SSSR count). The van der Waals surface area contributed by atoms with Crippen LogP contribution >= 0.6 is 0 Å². The topological polar surface area (TPSA) is 101 Å². The molecule has 1 aliphatic carbocycles. The van der Waals surface area contributed by atoms with Crippen molar-refractivity contribution in [2.45, 2.75) is 31.7 Å². The van der Waals surface area contributed by atoms with Crippen LogP contribution in [0.5, 0.6) is 0 Å². The van der Waals surface area contributed by atoms with Gasteiger partial charge in [0.05, 0.1) is 0 Å². The minimum Gasteiger partial charge on any atom is -0.465 e. The standard InChI is InChI=1S/C13H14N4O3/c1-7(15-13(18)19)12-16-11(17-20-12)9-4-5-14-10(6-9)8-2-3-8/h4-8,15H,2-3H2,1H3,(H,18,19). The van der Waals surface area contributed by atoms with Gasteiger partial charge in [-0.15, -0.1) is 0 Å². The van der Waals surface area contributed by atoms with E-state index >= 15 is 0 Å². The monoisotopic (exact) mass is 274 g/mol. The molecule has 2 N–H and O–H groups in total. The number of carbonyl (C=O) groups is 1. The average Bonchev–Trinajstić information content (AvgIpc) is 3.15. The van der Waals surface area contributed by atoms with Crippen LogP contribution in [0.2, 0.25) is 0 Å². The Hall–Kier alpha value is -2.44. The highest BCUT2D eigenvalue weighted by Crippen LogP contribution is 2.39. The lowest BCUT2D eigenvalue weighted by molar-refractivity contribution is 0.187. The Balaban J connectivity index is 1.82. The minimum atomic E-state index is -1.13. The van der Waals surface area contributed by atoms with Crippen molar-refractivity contribution >= 4 is 6.09 Å². The molecule has 1 atom stereocenters. The first-order chi connectivity index (χ1) is 9.63. The Morgan fingerprint density at radius 3 is 3.05 bits per heavy atom. The Morgan fingerprint density at radius 2 is 2.35 bits per heavy atom. The van der Waals surface area contributed by atoms with Gasteiger partial charge in [0.1, 0.15) is 6.04 Å². The molecule has 20 heavy (non-hydrogen) atoms. The van der Waals surface area contributed by atoms with Crippen LogP contribution in [0.15, 0.2) is 22.9 Å². The molecule has 104 valence electrons. The summed E-state index contributed by atoms with van der Waals surface area (Å²) in [5, 5.41) is 14.8. The summed E-state index contributed by atoms with van der Waals surface area (Å²) < 4.78 is 5.09. The van der Waals surface area contributed by atoms with E-state index in [4.69, 9.17) is 9.63 Å². The van der Waals surface area contributed by atoms with Gasteiger partial charge in [0, 0.05) is 23.4 Å². The minimum absolute atomic E-state index is 0.243. The first-order valence-corrected chi connectivity index (χ1v) is 6.43. The molecule has 1 unspecified atom stereocenters. The number of pyridine rings is 1. The van der Waals surface area contributed by atoms with Crippen LogP contribution in [0.3, 0.4) is 0 Å². The van der Waals surface area contributed by atoms with E-state index in [9.17, 15) is 4.79 Å². The largest absolute Gasteiger partial charge is 0.465 e. The van der Waals surface area contributed by atoms with Crippen LogP contribution in [0.25, 0.3) is 11.4 Å². The molecule has 2 aromatic heterocycles. The normalized spacial score (nSPS) is 15.8. The van der Waals surface area contributed by atoms with E-state index in [0.717, 1.165) is 11.3 Å². The van der Waals surface area contributed by atoms with Gasteiger partial charge in [0.2, 0.25) is 11.7 Å². The molecule has 7 heteroatoms. The highest BCUT2D eigenvalue weighted by atomic mass is 16.5. The number of aromatic nitrogens is 3. The highest BCUT2D eigenvalue weighted by molar-refractivity contribution is 5.65. The summed E-state index contributed by atoms with van der Waals surface area (Å²) in [6.45, 7) is 1.65. The van der Waals surface area contributed by atoms with E-state index in [2.05, 4.69) is 20.4 Å². The van der Waals surface area contributed by atoms with Crippen molar-refractivity contribution in [3.05, 3.63) is 29.9 Å². The number of rotatable bonds is 4. The maximum Gasteiger partial charge on any atom is 0.405 e. The van der Waals surface area contributed by atoms with Crippen LogP contribution in [0.4, 0.5) is 4.79 Å². The van der Waals surface area contributed by atoms with Gasteiger partial charge in [-0.25, -0.2) is 4.79 Å². The van der Waals surface area contributed by atoms with Crippen molar-refractivity contribution in [1.82, 2.24) is 20.4 Å². The fourth-order valence-corrected chi connectivity index (χ4v) is 1.97. The van der Waals surface area contributed by atoms with Gasteiger partial charge in [-0.3, -0.25) is 4.98 Å². The number of carboxylic acid groups (broad SMARTS) is 1. The van der Waals surface area contributed by atoms with Crippen molar-refractivity contribution in [3.8, 4) is 11.4 Å². The third kappa shape index (κ3) is 2.61. The summed E-state index contributed by atoms with van der Waals surface area (Å²) >= 11 is 0. The Morgan fingerprint density at radius 1 is 1.55 bits per heavy atom. The number of hydrogen-bond acceptors (Lipinski definition) is 5. The summed E-state index contributed by atoms with van der Waals surface area (Å²) in [6, 6.07) is 3.23. The number of nitrogens with zero attached hydrogens (tertiary/aromatic N) is 3. The molecule has 1 fully saturated rings. The summed E-state index contributed by atoms with van der Waals surface area (Å²) in [5.74, 6) is 1.24. The fraction of sp³-hybridized carbons (Fsp3) is 0.385. The highest BCUT2D eigenvalue weighted by Gasteiger charge is 2.25. The maximum atomic E-state index is 10.6. The van der Waals surface area contributed by atoms with E-state index in [1.54, 1.807) is 13.1 Å². The summed E-state index contributed by atoms with van der Waals surface area (Å²) in [7, 11) is 0. The van der Waals surface area contributed by atoms with Gasteiger partial charge in [-0.05, 0) is 31.9 Å². The summed E-state index contributed by atoms with van der Waals surface area (Å²) in [4.78, 5) is 19.1. The van der Waals surface area contributed by atoms with Crippen LogP contribution in [0.1, 0.15) is 43.3 Å². The van der Waals surface area contributed by atoms with Crippen LogP contribution in [-0.2, 0) is 0 Å². The lowest BCUT2D eigenvalue weighted by atomic mass is 10.2. The van der Waals surface area contributed by atoms with E-state index in [0.29, 0.717) is 11.7 Å². The molecule has 0 aliphatic heterocycles. The van der Waals surface area contributed by atoms with Crippen molar-refractivity contribution in [2.24, 2.45) is 0 Å². The lowest BCUT2D eigenvalue weighted by Crippen LogP contribution is -2.24. The molecule has 1 saturated carbocycles. The van der Waals surface area contributed by atoms with Gasteiger partial charge >= 0.3 is 6.09 Å². The molecular weight excluding hydrogens is 260 g/mol. The quantitative estimate of drug-likeness (QED) is 0.887. The van der Waals surface area contributed by atoms with E-state index in [-0.39, 0.29) is 5.89 Å². The molecule has 2 heterocycles. The van der Waals surface area contributed by atoms with E-state index in [1.165, 1.54) is 12.8 Å². The molecule has 1 amide bonds. The van der Waals surface area contributed by atoms with E-state index < -0.39 is 12.1 Å². The molecule has 0 saturated heterocycles. The van der Waals surface area contributed by atoms with Crippen molar-refractivity contribution in [2.75, 3.05) is 0 Å². The second-order valence-corrected chi connectivity index (χ2v) is 4.87. The number of nitrogens with one attached hydrogen (secondary N) is 1. The molecule has 2 aromatic rings. The van der Waals surface area contributed by atoms with Crippen LogP contribution in [0, 0.1) is 0 Å². The lowest BCUT2D eigenvalue weighted by Gasteiger charge is -2.04. The van der Waals surface area contributed by atoms with Crippen LogP contribution in [-0.4, -0.2) is 26.3 Å².